The van der Waals surface area contributed by atoms with Crippen LogP contribution in [0.5, 0.6) is 5.75 Å². The summed E-state index contributed by atoms with van der Waals surface area (Å²) in [6, 6.07) is 1.47. The van der Waals surface area contributed by atoms with Crippen molar-refractivity contribution < 1.29 is 31.1 Å². The highest BCUT2D eigenvalue weighted by atomic mass is 19.4. The SMILES string of the molecule is Fc1ccc(OC(F)(F)F)cc1[C@@H](CC(F)F)N1CCNCC1. The van der Waals surface area contributed by atoms with Crippen LogP contribution in [0, 0.1) is 5.82 Å². The molecule has 1 aromatic rings. The first-order valence-corrected chi connectivity index (χ1v) is 7.04. The van der Waals surface area contributed by atoms with Crippen molar-refractivity contribution in [3.63, 3.8) is 0 Å². The minimum absolute atomic E-state index is 0.214. The minimum Gasteiger partial charge on any atom is -0.406 e. The molecule has 0 radical (unpaired) electrons. The average Bonchev–Trinajstić information content (AvgIpc) is 2.46. The van der Waals surface area contributed by atoms with E-state index >= 15 is 0 Å². The lowest BCUT2D eigenvalue weighted by molar-refractivity contribution is -0.274. The van der Waals surface area contributed by atoms with Crippen molar-refractivity contribution in [2.45, 2.75) is 25.3 Å². The monoisotopic (exact) mass is 342 g/mol. The van der Waals surface area contributed by atoms with Crippen LogP contribution in [0.2, 0.25) is 0 Å². The Kier molecular flexibility index (Phi) is 5.74. The Bertz CT molecular complexity index is 516. The second-order valence-corrected chi connectivity index (χ2v) is 5.16. The standard InChI is InChI=1S/C14H16F6N2O/c15-11-2-1-9(23-14(18,19)20)7-10(11)12(8-13(16)17)22-5-3-21-4-6-22/h1-2,7,12-13,21H,3-6,8H2/t12-/m1/s1. The number of nitrogens with zero attached hydrogens (tertiary/aromatic N) is 1. The van der Waals surface area contributed by atoms with Gasteiger partial charge in [-0.05, 0) is 18.2 Å². The Morgan fingerprint density at radius 1 is 1.17 bits per heavy atom. The van der Waals surface area contributed by atoms with E-state index in [0.717, 1.165) is 18.2 Å². The molecule has 0 saturated carbocycles. The molecular weight excluding hydrogens is 326 g/mol. The summed E-state index contributed by atoms with van der Waals surface area (Å²) in [5, 5.41) is 3.04. The second-order valence-electron chi connectivity index (χ2n) is 5.16. The second kappa shape index (κ2) is 7.39. The smallest absolute Gasteiger partial charge is 0.406 e. The fourth-order valence-corrected chi connectivity index (χ4v) is 2.61. The molecule has 1 saturated heterocycles. The first kappa shape index (κ1) is 17.9. The van der Waals surface area contributed by atoms with E-state index in [1.807, 2.05) is 0 Å². The maximum absolute atomic E-state index is 14.0. The molecule has 0 aliphatic carbocycles. The first-order valence-electron chi connectivity index (χ1n) is 7.04. The van der Waals surface area contributed by atoms with Crippen LogP contribution < -0.4 is 10.1 Å². The number of hydrogen-bond donors (Lipinski definition) is 1. The summed E-state index contributed by atoms with van der Waals surface area (Å²) >= 11 is 0. The van der Waals surface area contributed by atoms with Gasteiger partial charge in [0.2, 0.25) is 6.43 Å². The molecule has 0 spiro atoms. The quantitative estimate of drug-likeness (QED) is 0.831. The zero-order chi connectivity index (χ0) is 17.0. The maximum Gasteiger partial charge on any atom is 0.573 e. The molecule has 3 nitrogen and oxygen atoms in total. The van der Waals surface area contributed by atoms with Gasteiger partial charge < -0.3 is 10.1 Å². The zero-order valence-electron chi connectivity index (χ0n) is 12.0. The molecule has 1 aromatic carbocycles. The molecule has 0 unspecified atom stereocenters. The molecule has 9 heteroatoms. The summed E-state index contributed by atoms with van der Waals surface area (Å²) in [6.07, 6.45) is -8.30. The summed E-state index contributed by atoms with van der Waals surface area (Å²) in [4.78, 5) is 1.64. The van der Waals surface area contributed by atoms with E-state index in [4.69, 9.17) is 0 Å². The number of rotatable bonds is 5. The molecule has 130 valence electrons. The van der Waals surface area contributed by atoms with Gasteiger partial charge >= 0.3 is 6.36 Å². The minimum atomic E-state index is -4.93. The summed E-state index contributed by atoms with van der Waals surface area (Å²) in [5.41, 5.74) is -0.214. The number of hydrogen-bond acceptors (Lipinski definition) is 3. The molecular formula is C14H16F6N2O. The molecule has 1 N–H and O–H groups in total. The third-order valence-electron chi connectivity index (χ3n) is 3.55. The fourth-order valence-electron chi connectivity index (χ4n) is 2.61. The number of benzene rings is 1. The number of halogens is 6. The van der Waals surface area contributed by atoms with Crippen molar-refractivity contribution in [3.8, 4) is 5.75 Å². The molecule has 1 aliphatic heterocycles. The zero-order valence-corrected chi connectivity index (χ0v) is 12.0. The van der Waals surface area contributed by atoms with Crippen LogP contribution >= 0.6 is 0 Å². The lowest BCUT2D eigenvalue weighted by atomic mass is 10.00. The number of alkyl halides is 5. The van der Waals surface area contributed by atoms with E-state index in [1.165, 1.54) is 0 Å². The summed E-state index contributed by atoms with van der Waals surface area (Å²) in [5.74, 6) is -1.45. The summed E-state index contributed by atoms with van der Waals surface area (Å²) in [7, 11) is 0. The number of nitrogens with one attached hydrogen (secondary N) is 1. The van der Waals surface area contributed by atoms with Crippen molar-refractivity contribution in [1.29, 1.82) is 0 Å². The Morgan fingerprint density at radius 2 is 1.83 bits per heavy atom. The van der Waals surface area contributed by atoms with Crippen LogP contribution in [0.1, 0.15) is 18.0 Å². The molecule has 1 aliphatic rings. The maximum atomic E-state index is 14.0. The first-order chi connectivity index (χ1) is 10.8. The van der Waals surface area contributed by atoms with Gasteiger partial charge in [-0.1, -0.05) is 0 Å². The molecule has 0 aromatic heterocycles. The van der Waals surface area contributed by atoms with E-state index in [0.29, 0.717) is 26.2 Å². The summed E-state index contributed by atoms with van der Waals surface area (Å²) in [6.45, 7) is 1.89. The molecule has 1 atom stereocenters. The van der Waals surface area contributed by atoms with Crippen LogP contribution in [0.25, 0.3) is 0 Å². The highest BCUT2D eigenvalue weighted by Crippen LogP contribution is 2.33. The fraction of sp³-hybridized carbons (Fsp3) is 0.571. The van der Waals surface area contributed by atoms with Gasteiger partial charge in [0, 0.05) is 44.2 Å². The van der Waals surface area contributed by atoms with Crippen molar-refractivity contribution in [2.75, 3.05) is 26.2 Å². The normalized spacial score (nSPS) is 18.2. The average molecular weight is 342 g/mol. The topological polar surface area (TPSA) is 24.5 Å². The van der Waals surface area contributed by atoms with Crippen molar-refractivity contribution in [1.82, 2.24) is 10.2 Å². The number of ether oxygens (including phenoxy) is 1. The lowest BCUT2D eigenvalue weighted by Crippen LogP contribution is -2.45. The van der Waals surface area contributed by atoms with Crippen molar-refractivity contribution in [3.05, 3.63) is 29.6 Å². The predicted molar refractivity (Wildman–Crippen MR) is 70.9 cm³/mol. The predicted octanol–water partition coefficient (Wildman–Crippen LogP) is 3.33. The molecule has 1 fully saturated rings. The van der Waals surface area contributed by atoms with E-state index in [9.17, 15) is 26.3 Å². The van der Waals surface area contributed by atoms with Crippen LogP contribution in [-0.4, -0.2) is 43.9 Å². The molecule has 2 rings (SSSR count). The van der Waals surface area contributed by atoms with Crippen LogP contribution in [0.15, 0.2) is 18.2 Å². The van der Waals surface area contributed by atoms with Gasteiger partial charge in [-0.3, -0.25) is 4.90 Å². The van der Waals surface area contributed by atoms with Gasteiger partial charge in [-0.15, -0.1) is 13.2 Å². The third-order valence-corrected chi connectivity index (χ3v) is 3.55. The lowest BCUT2D eigenvalue weighted by Gasteiger charge is -2.35. The Hall–Kier alpha value is -1.48. The largest absolute Gasteiger partial charge is 0.573 e. The van der Waals surface area contributed by atoms with Gasteiger partial charge in [-0.2, -0.15) is 0 Å². The van der Waals surface area contributed by atoms with Gasteiger partial charge in [0.15, 0.2) is 0 Å². The molecule has 23 heavy (non-hydrogen) atoms. The highest BCUT2D eigenvalue weighted by molar-refractivity contribution is 5.32. The van der Waals surface area contributed by atoms with E-state index in [2.05, 4.69) is 10.1 Å². The van der Waals surface area contributed by atoms with E-state index < -0.39 is 36.8 Å². The van der Waals surface area contributed by atoms with Gasteiger partial charge in [0.05, 0.1) is 0 Å². The Labute approximate surface area is 129 Å². The van der Waals surface area contributed by atoms with E-state index in [-0.39, 0.29) is 5.56 Å². The van der Waals surface area contributed by atoms with Crippen molar-refractivity contribution >= 4 is 0 Å². The van der Waals surface area contributed by atoms with Crippen molar-refractivity contribution in [2.24, 2.45) is 0 Å². The molecule has 0 bridgehead atoms. The Balaban J connectivity index is 2.30. The van der Waals surface area contributed by atoms with Gasteiger partial charge in [0.1, 0.15) is 11.6 Å². The van der Waals surface area contributed by atoms with Crippen LogP contribution in [-0.2, 0) is 0 Å². The highest BCUT2D eigenvalue weighted by Gasteiger charge is 2.33. The molecule has 0 amide bonds. The van der Waals surface area contributed by atoms with E-state index in [1.54, 1.807) is 4.90 Å². The number of piperazine rings is 1. The van der Waals surface area contributed by atoms with Gasteiger partial charge in [-0.25, -0.2) is 13.2 Å². The summed E-state index contributed by atoms with van der Waals surface area (Å²) < 4.78 is 80.3. The van der Waals surface area contributed by atoms with Gasteiger partial charge in [0.25, 0.3) is 0 Å². The van der Waals surface area contributed by atoms with Crippen LogP contribution in [0.4, 0.5) is 26.3 Å². The Morgan fingerprint density at radius 3 is 2.39 bits per heavy atom. The third kappa shape index (κ3) is 5.28. The van der Waals surface area contributed by atoms with Crippen LogP contribution in [0.3, 0.4) is 0 Å². The molecule has 1 heterocycles.